The number of aliphatic hydroxyl groups is 1. The van der Waals surface area contributed by atoms with E-state index in [9.17, 15) is 41.0 Å². The zero-order valence-corrected chi connectivity index (χ0v) is 19.9. The first kappa shape index (κ1) is 28.0. The summed E-state index contributed by atoms with van der Waals surface area (Å²) in [5.41, 5.74) is -6.36. The Kier molecular flexibility index (Phi) is 7.62. The van der Waals surface area contributed by atoms with Gasteiger partial charge in [0.25, 0.3) is 17.4 Å². The van der Waals surface area contributed by atoms with Gasteiger partial charge in [0.2, 0.25) is 0 Å². The Morgan fingerprint density at radius 1 is 0.784 bits per heavy atom. The van der Waals surface area contributed by atoms with Gasteiger partial charge in [0, 0.05) is 22.5 Å². The van der Waals surface area contributed by atoms with Crippen molar-refractivity contribution in [2.75, 3.05) is 10.6 Å². The van der Waals surface area contributed by atoms with Crippen molar-refractivity contribution in [2.45, 2.75) is 31.8 Å². The fraction of sp³-hybridized carbons (Fsp3) is 0.200. The molecule has 0 aromatic heterocycles. The van der Waals surface area contributed by atoms with Crippen LogP contribution in [0.5, 0.6) is 0 Å². The average molecular weight is 545 g/mol. The van der Waals surface area contributed by atoms with Gasteiger partial charge in [-0.15, -0.1) is 0 Å². The average Bonchev–Trinajstić information content (AvgIpc) is 2.79. The minimum atomic E-state index is -6.04. The Hall–Kier alpha value is -3.57. The van der Waals surface area contributed by atoms with Crippen LogP contribution in [0.15, 0.2) is 60.7 Å². The zero-order chi connectivity index (χ0) is 27.8. The van der Waals surface area contributed by atoms with E-state index in [0.29, 0.717) is 12.1 Å². The van der Waals surface area contributed by atoms with Crippen molar-refractivity contribution in [3.8, 4) is 0 Å². The second kappa shape index (κ2) is 10.1. The highest BCUT2D eigenvalue weighted by Gasteiger charge is 2.71. The van der Waals surface area contributed by atoms with E-state index in [1.54, 1.807) is 12.1 Å². The van der Waals surface area contributed by atoms with Gasteiger partial charge in [0.05, 0.1) is 10.6 Å². The SMILES string of the molecule is Cc1cc(C(O)(C(F)(F)F)C(F)(F)F)cc(C)c1NC(=O)c1cccc(NC(=O)c2ccccc2Cl)c1. The molecule has 3 aromatic rings. The third-order valence-corrected chi connectivity index (χ3v) is 5.84. The Balaban J connectivity index is 1.87. The van der Waals surface area contributed by atoms with Crippen molar-refractivity contribution in [3.05, 3.63) is 93.5 Å². The van der Waals surface area contributed by atoms with Crippen LogP contribution < -0.4 is 10.6 Å². The summed E-state index contributed by atoms with van der Waals surface area (Å²) in [5.74, 6) is -1.28. The number of alkyl halides is 6. The molecule has 3 rings (SSSR count). The summed E-state index contributed by atoms with van der Waals surface area (Å²) in [4.78, 5) is 25.3. The normalized spacial score (nSPS) is 12.3. The molecule has 37 heavy (non-hydrogen) atoms. The van der Waals surface area contributed by atoms with Crippen LogP contribution in [-0.2, 0) is 5.60 Å². The molecule has 0 heterocycles. The summed E-state index contributed by atoms with van der Waals surface area (Å²) in [5, 5.41) is 14.9. The summed E-state index contributed by atoms with van der Waals surface area (Å²) in [7, 11) is 0. The van der Waals surface area contributed by atoms with E-state index in [0.717, 1.165) is 0 Å². The molecule has 0 saturated carbocycles. The smallest absolute Gasteiger partial charge is 0.369 e. The lowest BCUT2D eigenvalue weighted by molar-refractivity contribution is -0.376. The summed E-state index contributed by atoms with van der Waals surface area (Å²) >= 11 is 6.01. The standard InChI is InChI=1S/C25H19ClF6N2O3/c1-13-10-16(23(37,24(27,28)29)25(30,31)32)11-14(2)20(13)34-21(35)15-6-5-7-17(12-15)33-22(36)18-8-3-4-9-19(18)26/h3-12,37H,1-2H3,(H,33,36)(H,34,35). The van der Waals surface area contributed by atoms with Gasteiger partial charge < -0.3 is 15.7 Å². The second-order valence-corrected chi connectivity index (χ2v) is 8.57. The third kappa shape index (κ3) is 5.57. The lowest BCUT2D eigenvalue weighted by atomic mass is 9.89. The van der Waals surface area contributed by atoms with E-state index in [1.807, 2.05) is 0 Å². The molecule has 2 amide bonds. The highest BCUT2D eigenvalue weighted by molar-refractivity contribution is 6.34. The van der Waals surface area contributed by atoms with Crippen LogP contribution in [0.25, 0.3) is 0 Å². The van der Waals surface area contributed by atoms with E-state index in [4.69, 9.17) is 11.6 Å². The van der Waals surface area contributed by atoms with Crippen molar-refractivity contribution in [2.24, 2.45) is 0 Å². The molecule has 196 valence electrons. The fourth-order valence-corrected chi connectivity index (χ4v) is 3.85. The maximum absolute atomic E-state index is 13.3. The molecular formula is C25H19ClF6N2O3. The van der Waals surface area contributed by atoms with E-state index in [2.05, 4.69) is 10.6 Å². The molecule has 0 atom stereocenters. The largest absolute Gasteiger partial charge is 0.430 e. The van der Waals surface area contributed by atoms with Crippen LogP contribution in [0.2, 0.25) is 5.02 Å². The number of benzene rings is 3. The van der Waals surface area contributed by atoms with E-state index in [1.165, 1.54) is 50.2 Å². The molecule has 5 nitrogen and oxygen atoms in total. The number of rotatable bonds is 5. The number of hydrogen-bond donors (Lipinski definition) is 3. The van der Waals surface area contributed by atoms with Crippen molar-refractivity contribution < 1.29 is 41.0 Å². The Labute approximate surface area is 212 Å². The van der Waals surface area contributed by atoms with Gasteiger partial charge in [-0.05, 0) is 55.3 Å². The summed E-state index contributed by atoms with van der Waals surface area (Å²) in [6.45, 7) is 2.39. The van der Waals surface area contributed by atoms with Crippen LogP contribution in [-0.4, -0.2) is 29.3 Å². The lowest BCUT2D eigenvalue weighted by Gasteiger charge is -2.33. The second-order valence-electron chi connectivity index (χ2n) is 8.16. The van der Waals surface area contributed by atoms with Gasteiger partial charge in [-0.3, -0.25) is 9.59 Å². The fourth-order valence-electron chi connectivity index (χ4n) is 3.63. The molecule has 12 heteroatoms. The zero-order valence-electron chi connectivity index (χ0n) is 19.2. The number of carbonyl (C=O) groups excluding carboxylic acids is 2. The predicted molar refractivity (Wildman–Crippen MR) is 126 cm³/mol. The van der Waals surface area contributed by atoms with Crippen molar-refractivity contribution in [1.29, 1.82) is 0 Å². The minimum Gasteiger partial charge on any atom is -0.369 e. The topological polar surface area (TPSA) is 78.4 Å². The molecule has 0 unspecified atom stereocenters. The first-order valence-electron chi connectivity index (χ1n) is 10.5. The van der Waals surface area contributed by atoms with Gasteiger partial charge in [0.15, 0.2) is 0 Å². The van der Waals surface area contributed by atoms with Crippen LogP contribution in [0.3, 0.4) is 0 Å². The molecule has 0 saturated heterocycles. The quantitative estimate of drug-likeness (QED) is 0.310. The van der Waals surface area contributed by atoms with Crippen molar-refractivity contribution in [1.82, 2.24) is 0 Å². The maximum atomic E-state index is 13.3. The van der Waals surface area contributed by atoms with Crippen LogP contribution in [0.4, 0.5) is 37.7 Å². The molecule has 0 spiro atoms. The number of anilines is 2. The van der Waals surface area contributed by atoms with E-state index < -0.39 is 35.3 Å². The van der Waals surface area contributed by atoms with Crippen molar-refractivity contribution in [3.63, 3.8) is 0 Å². The Morgan fingerprint density at radius 3 is 1.89 bits per heavy atom. The highest BCUT2D eigenvalue weighted by atomic mass is 35.5. The molecule has 0 bridgehead atoms. The molecule has 0 radical (unpaired) electrons. The summed E-state index contributed by atoms with van der Waals surface area (Å²) in [6.07, 6.45) is -12.1. The number of aryl methyl sites for hydroxylation is 2. The monoisotopic (exact) mass is 544 g/mol. The summed E-state index contributed by atoms with van der Waals surface area (Å²) in [6, 6.07) is 13.0. The molecule has 3 aromatic carbocycles. The van der Waals surface area contributed by atoms with Gasteiger partial charge >= 0.3 is 12.4 Å². The minimum absolute atomic E-state index is 0.0362. The molecule has 0 aliphatic rings. The molecule has 3 N–H and O–H groups in total. The third-order valence-electron chi connectivity index (χ3n) is 5.51. The van der Waals surface area contributed by atoms with Gasteiger partial charge in [-0.25, -0.2) is 0 Å². The first-order valence-corrected chi connectivity index (χ1v) is 10.9. The molecular weight excluding hydrogens is 526 g/mol. The van der Waals surface area contributed by atoms with Crippen LogP contribution in [0.1, 0.15) is 37.4 Å². The maximum Gasteiger partial charge on any atom is 0.430 e. The van der Waals surface area contributed by atoms with E-state index >= 15 is 0 Å². The van der Waals surface area contributed by atoms with Gasteiger partial charge in [-0.2, -0.15) is 26.3 Å². The number of amides is 2. The van der Waals surface area contributed by atoms with E-state index in [-0.39, 0.29) is 38.7 Å². The van der Waals surface area contributed by atoms with Crippen LogP contribution >= 0.6 is 11.6 Å². The van der Waals surface area contributed by atoms with Crippen molar-refractivity contribution >= 4 is 34.8 Å². The van der Waals surface area contributed by atoms with Crippen LogP contribution in [0, 0.1) is 13.8 Å². The number of halogens is 7. The number of nitrogens with one attached hydrogen (secondary N) is 2. The molecule has 0 aliphatic heterocycles. The Morgan fingerprint density at radius 2 is 1.35 bits per heavy atom. The van der Waals surface area contributed by atoms with Gasteiger partial charge in [0.1, 0.15) is 0 Å². The summed E-state index contributed by atoms with van der Waals surface area (Å²) < 4.78 is 79.6. The lowest BCUT2D eigenvalue weighted by Crippen LogP contribution is -2.54. The molecule has 0 aliphatic carbocycles. The predicted octanol–water partition coefficient (Wildman–Crippen LogP) is 6.77. The number of carbonyl (C=O) groups is 2. The first-order chi connectivity index (χ1) is 17.1. The number of hydrogen-bond acceptors (Lipinski definition) is 3. The van der Waals surface area contributed by atoms with Gasteiger partial charge in [-0.1, -0.05) is 41.9 Å². The molecule has 0 fully saturated rings. The Bertz CT molecular complexity index is 1320. The highest BCUT2D eigenvalue weighted by Crippen LogP contribution is 2.50.